The lowest BCUT2D eigenvalue weighted by atomic mass is 9.47. The van der Waals surface area contributed by atoms with Gasteiger partial charge in [-0.15, -0.1) is 0 Å². The normalized spacial score (nSPS) is 31.7. The van der Waals surface area contributed by atoms with E-state index in [1.165, 1.54) is 4.90 Å². The zero-order chi connectivity index (χ0) is 19.6. The Labute approximate surface area is 161 Å². The molecule has 3 amide bonds. The van der Waals surface area contributed by atoms with Gasteiger partial charge in [-0.05, 0) is 60.3 Å². The molecule has 0 aromatic heterocycles. The third-order valence-corrected chi connectivity index (χ3v) is 7.38. The lowest BCUT2D eigenvalue weighted by Crippen LogP contribution is -2.57. The van der Waals surface area contributed by atoms with Crippen molar-refractivity contribution in [2.75, 3.05) is 14.2 Å². The van der Waals surface area contributed by atoms with Crippen molar-refractivity contribution < 1.29 is 14.3 Å². The number of imide groups is 1. The minimum atomic E-state index is -0.878. The van der Waals surface area contributed by atoms with E-state index in [0.29, 0.717) is 11.8 Å². The molecule has 1 aliphatic heterocycles. The van der Waals surface area contributed by atoms with Crippen LogP contribution in [0.5, 0.6) is 5.75 Å². The molecular weight excluding hydrogens is 340 g/mol. The lowest BCUT2D eigenvalue weighted by Gasteiger charge is -2.59. The Morgan fingerprint density at radius 1 is 1.15 bits per heavy atom. The number of hydrogen-bond donors (Lipinski definition) is 0. The van der Waals surface area contributed by atoms with Crippen LogP contribution in [0, 0.1) is 17.3 Å². The van der Waals surface area contributed by atoms with Gasteiger partial charge < -0.3 is 9.64 Å². The maximum atomic E-state index is 13.4. The number of rotatable bonds is 4. The van der Waals surface area contributed by atoms with Crippen molar-refractivity contribution in [1.82, 2.24) is 9.80 Å². The summed E-state index contributed by atoms with van der Waals surface area (Å²) in [5.74, 6) is 1.72. The standard InChI is InChI=1S/C22H28N2O3/c1-21(2)15-8-11-17(18(21)12-15)22(3)19(25)24(20(26)23(22)4)13-14-6-9-16(27-5)10-7-14/h6-7,9-11,15,18H,8,12-13H2,1-5H3. The van der Waals surface area contributed by atoms with Gasteiger partial charge in [-0.1, -0.05) is 32.1 Å². The molecule has 3 aliphatic carbocycles. The van der Waals surface area contributed by atoms with Gasteiger partial charge in [0.2, 0.25) is 0 Å². The van der Waals surface area contributed by atoms with Crippen molar-refractivity contribution in [1.29, 1.82) is 0 Å². The van der Waals surface area contributed by atoms with Gasteiger partial charge in [0.25, 0.3) is 5.91 Å². The summed E-state index contributed by atoms with van der Waals surface area (Å²) in [6, 6.07) is 7.27. The summed E-state index contributed by atoms with van der Waals surface area (Å²) in [6.45, 7) is 6.78. The van der Waals surface area contributed by atoms with Gasteiger partial charge in [0, 0.05) is 7.05 Å². The molecule has 144 valence electrons. The SMILES string of the molecule is COc1ccc(CN2C(=O)N(C)C(C)(C3=CCC4CC3C4(C)C)C2=O)cc1. The molecule has 1 saturated heterocycles. The molecule has 0 radical (unpaired) electrons. The van der Waals surface area contributed by atoms with Gasteiger partial charge in [0.15, 0.2) is 0 Å². The van der Waals surface area contributed by atoms with Crippen molar-refractivity contribution in [3.05, 3.63) is 41.5 Å². The van der Waals surface area contributed by atoms with Crippen molar-refractivity contribution in [3.63, 3.8) is 0 Å². The minimum Gasteiger partial charge on any atom is -0.497 e. The summed E-state index contributed by atoms with van der Waals surface area (Å²) in [6.07, 6.45) is 4.35. The summed E-state index contributed by atoms with van der Waals surface area (Å²) >= 11 is 0. The average molecular weight is 368 g/mol. The van der Waals surface area contributed by atoms with Gasteiger partial charge in [-0.3, -0.25) is 9.69 Å². The van der Waals surface area contributed by atoms with Crippen LogP contribution in [-0.4, -0.2) is 41.4 Å². The van der Waals surface area contributed by atoms with E-state index in [-0.39, 0.29) is 23.9 Å². The lowest BCUT2D eigenvalue weighted by molar-refractivity contribution is -0.132. The van der Waals surface area contributed by atoms with E-state index in [1.807, 2.05) is 31.2 Å². The molecule has 1 saturated carbocycles. The zero-order valence-corrected chi connectivity index (χ0v) is 16.8. The molecule has 4 aliphatic rings. The van der Waals surface area contributed by atoms with E-state index in [0.717, 1.165) is 29.7 Å². The highest BCUT2D eigenvalue weighted by atomic mass is 16.5. The second kappa shape index (κ2) is 5.85. The van der Waals surface area contributed by atoms with Crippen LogP contribution >= 0.6 is 0 Å². The second-order valence-electron chi connectivity index (χ2n) is 8.85. The quantitative estimate of drug-likeness (QED) is 0.599. The third-order valence-electron chi connectivity index (χ3n) is 7.38. The first-order valence-corrected chi connectivity index (χ1v) is 9.64. The topological polar surface area (TPSA) is 49.9 Å². The number of hydrogen-bond acceptors (Lipinski definition) is 3. The number of methoxy groups -OCH3 is 1. The predicted octanol–water partition coefficient (Wildman–Crippen LogP) is 3.84. The Kier molecular flexibility index (Phi) is 3.92. The van der Waals surface area contributed by atoms with Gasteiger partial charge in [-0.2, -0.15) is 0 Å². The maximum Gasteiger partial charge on any atom is 0.327 e. The fourth-order valence-corrected chi connectivity index (χ4v) is 5.13. The molecule has 5 rings (SSSR count). The summed E-state index contributed by atoms with van der Waals surface area (Å²) in [5.41, 5.74) is 1.38. The van der Waals surface area contributed by atoms with E-state index >= 15 is 0 Å². The summed E-state index contributed by atoms with van der Waals surface area (Å²) in [5, 5.41) is 0. The molecule has 0 N–H and O–H groups in total. The fraction of sp³-hybridized carbons (Fsp3) is 0.545. The predicted molar refractivity (Wildman–Crippen MR) is 103 cm³/mol. The molecule has 0 spiro atoms. The highest BCUT2D eigenvalue weighted by Crippen LogP contribution is 2.62. The van der Waals surface area contributed by atoms with E-state index in [4.69, 9.17) is 4.74 Å². The first kappa shape index (κ1) is 18.1. The molecule has 5 heteroatoms. The molecule has 3 atom stereocenters. The monoisotopic (exact) mass is 368 g/mol. The van der Waals surface area contributed by atoms with Crippen LogP contribution < -0.4 is 4.74 Å². The second-order valence-corrected chi connectivity index (χ2v) is 8.85. The first-order chi connectivity index (χ1) is 12.7. The number of fused-ring (bicyclic) bond motifs is 1. The van der Waals surface area contributed by atoms with E-state index in [2.05, 4.69) is 19.9 Å². The van der Waals surface area contributed by atoms with Crippen molar-refractivity contribution in [2.45, 2.75) is 45.7 Å². The van der Waals surface area contributed by atoms with Gasteiger partial charge in [0.1, 0.15) is 11.3 Å². The largest absolute Gasteiger partial charge is 0.497 e. The molecule has 2 fully saturated rings. The van der Waals surface area contributed by atoms with Gasteiger partial charge >= 0.3 is 6.03 Å². The maximum absolute atomic E-state index is 13.4. The number of ether oxygens (including phenoxy) is 1. The van der Waals surface area contributed by atoms with Crippen molar-refractivity contribution in [2.24, 2.45) is 17.3 Å². The molecular formula is C22H28N2O3. The Morgan fingerprint density at radius 3 is 2.37 bits per heavy atom. The number of likely N-dealkylation sites (N-methyl/N-ethyl adjacent to an activating group) is 1. The smallest absolute Gasteiger partial charge is 0.327 e. The van der Waals surface area contributed by atoms with Crippen LogP contribution in [0.3, 0.4) is 0 Å². The van der Waals surface area contributed by atoms with Crippen LogP contribution in [-0.2, 0) is 11.3 Å². The molecule has 2 bridgehead atoms. The van der Waals surface area contributed by atoms with Crippen LogP contribution in [0.1, 0.15) is 39.2 Å². The minimum absolute atomic E-state index is 0.113. The van der Waals surface area contributed by atoms with E-state index < -0.39 is 5.54 Å². The molecule has 1 aromatic carbocycles. The number of carbonyl (C=O) groups excluding carboxylic acids is 2. The van der Waals surface area contributed by atoms with Crippen LogP contribution in [0.4, 0.5) is 4.79 Å². The molecule has 3 unspecified atom stereocenters. The highest BCUT2D eigenvalue weighted by molar-refractivity contribution is 6.08. The Hall–Kier alpha value is -2.30. The number of urea groups is 1. The third kappa shape index (κ3) is 2.36. The van der Waals surface area contributed by atoms with Crippen LogP contribution in [0.25, 0.3) is 0 Å². The number of nitrogens with zero attached hydrogens (tertiary/aromatic N) is 2. The Balaban J connectivity index is 1.63. The van der Waals surface area contributed by atoms with Crippen molar-refractivity contribution >= 4 is 11.9 Å². The van der Waals surface area contributed by atoms with Crippen molar-refractivity contribution in [3.8, 4) is 5.75 Å². The summed E-state index contributed by atoms with van der Waals surface area (Å²) < 4.78 is 5.18. The average Bonchev–Trinajstić information content (AvgIpc) is 2.84. The molecule has 1 aromatic rings. The summed E-state index contributed by atoms with van der Waals surface area (Å²) in [4.78, 5) is 29.4. The number of carbonyl (C=O) groups is 2. The zero-order valence-electron chi connectivity index (χ0n) is 16.8. The number of benzene rings is 1. The highest BCUT2D eigenvalue weighted by Gasteiger charge is 2.62. The van der Waals surface area contributed by atoms with E-state index in [1.54, 1.807) is 19.1 Å². The fourth-order valence-electron chi connectivity index (χ4n) is 5.13. The molecule has 5 nitrogen and oxygen atoms in total. The number of amides is 3. The Morgan fingerprint density at radius 2 is 1.81 bits per heavy atom. The van der Waals surface area contributed by atoms with Gasteiger partial charge in [0.05, 0.1) is 13.7 Å². The van der Waals surface area contributed by atoms with Crippen LogP contribution in [0.15, 0.2) is 35.9 Å². The molecule has 1 heterocycles. The Bertz CT molecular complexity index is 826. The van der Waals surface area contributed by atoms with Gasteiger partial charge in [-0.25, -0.2) is 4.79 Å². The molecule has 27 heavy (non-hydrogen) atoms. The summed E-state index contributed by atoms with van der Waals surface area (Å²) in [7, 11) is 3.38. The van der Waals surface area contributed by atoms with Crippen LogP contribution in [0.2, 0.25) is 0 Å². The van der Waals surface area contributed by atoms with E-state index in [9.17, 15) is 9.59 Å². The number of allylic oxidation sites excluding steroid dienone is 1. The first-order valence-electron chi connectivity index (χ1n) is 9.64.